The summed E-state index contributed by atoms with van der Waals surface area (Å²) in [4.78, 5) is 19.2. The number of hydrogen-bond donors (Lipinski definition) is 3. The number of fused-ring (bicyclic) bond motifs is 4. The lowest BCUT2D eigenvalue weighted by molar-refractivity contribution is 0.103. The smallest absolute Gasteiger partial charge is 0.195 e. The van der Waals surface area contributed by atoms with Crippen molar-refractivity contribution in [2.45, 2.75) is 19.3 Å². The predicted octanol–water partition coefficient (Wildman–Crippen LogP) is 3.68. The number of benzene rings is 2. The van der Waals surface area contributed by atoms with Gasteiger partial charge >= 0.3 is 0 Å². The number of ketones is 1. The van der Waals surface area contributed by atoms with Crippen molar-refractivity contribution in [1.29, 1.82) is 0 Å². The predicted molar refractivity (Wildman–Crippen MR) is 115 cm³/mol. The molecule has 3 aromatic rings. The molecular weight excluding hydrogens is 372 g/mol. The second-order valence-electron chi connectivity index (χ2n) is 8.22. The van der Waals surface area contributed by atoms with Crippen LogP contribution in [0.25, 0.3) is 10.9 Å². The van der Waals surface area contributed by atoms with Crippen LogP contribution in [0.3, 0.4) is 0 Å². The van der Waals surface area contributed by atoms with Crippen molar-refractivity contribution in [3.8, 4) is 0 Å². The van der Waals surface area contributed by atoms with Crippen molar-refractivity contribution < 1.29 is 4.79 Å². The molecule has 1 aromatic heterocycles. The molecular formula is C22H23ClN4O. The number of rotatable bonds is 1. The van der Waals surface area contributed by atoms with Gasteiger partial charge in [-0.1, -0.05) is 31.5 Å². The number of anilines is 2. The summed E-state index contributed by atoms with van der Waals surface area (Å²) < 4.78 is 0. The molecule has 1 aliphatic heterocycles. The van der Waals surface area contributed by atoms with Gasteiger partial charge < -0.3 is 20.9 Å². The van der Waals surface area contributed by atoms with E-state index >= 15 is 0 Å². The van der Waals surface area contributed by atoms with Crippen LogP contribution in [0.4, 0.5) is 11.4 Å². The van der Waals surface area contributed by atoms with Crippen LogP contribution >= 0.6 is 11.6 Å². The maximum Gasteiger partial charge on any atom is 0.195 e. The number of nitrogens with one attached hydrogen (secondary N) is 2. The van der Waals surface area contributed by atoms with Gasteiger partial charge in [0.1, 0.15) is 0 Å². The lowest BCUT2D eigenvalue weighted by Crippen LogP contribution is -2.44. The van der Waals surface area contributed by atoms with Crippen LogP contribution < -0.4 is 16.0 Å². The topological polar surface area (TPSA) is 74.2 Å². The van der Waals surface area contributed by atoms with Gasteiger partial charge in [0.05, 0.1) is 16.3 Å². The van der Waals surface area contributed by atoms with E-state index in [1.165, 1.54) is 0 Å². The van der Waals surface area contributed by atoms with Gasteiger partial charge in [-0.25, -0.2) is 0 Å². The molecule has 0 bridgehead atoms. The number of H-pyrrole nitrogens is 1. The fraction of sp³-hybridized carbons (Fsp3) is 0.318. The largest absolute Gasteiger partial charge is 0.399 e. The molecule has 4 N–H and O–H groups in total. The van der Waals surface area contributed by atoms with Crippen molar-refractivity contribution in [3.63, 3.8) is 0 Å². The van der Waals surface area contributed by atoms with E-state index in [1.54, 1.807) is 0 Å². The summed E-state index contributed by atoms with van der Waals surface area (Å²) in [7, 11) is 0. The van der Waals surface area contributed by atoms with Gasteiger partial charge in [-0.15, -0.1) is 0 Å². The average molecular weight is 395 g/mol. The van der Waals surface area contributed by atoms with E-state index in [1.807, 2.05) is 24.3 Å². The third-order valence-electron chi connectivity index (χ3n) is 6.14. The summed E-state index contributed by atoms with van der Waals surface area (Å²) in [6.45, 7) is 8.00. The van der Waals surface area contributed by atoms with E-state index in [0.717, 1.165) is 59.6 Å². The molecule has 0 amide bonds. The molecule has 6 heteroatoms. The highest BCUT2D eigenvalue weighted by atomic mass is 35.5. The van der Waals surface area contributed by atoms with Crippen molar-refractivity contribution in [2.75, 3.05) is 36.8 Å². The van der Waals surface area contributed by atoms with Crippen LogP contribution in [0.5, 0.6) is 0 Å². The Bertz CT molecular complexity index is 1130. The zero-order valence-electron chi connectivity index (χ0n) is 16.0. The molecule has 28 heavy (non-hydrogen) atoms. The van der Waals surface area contributed by atoms with Crippen LogP contribution in [-0.2, 0) is 5.41 Å². The van der Waals surface area contributed by atoms with E-state index in [2.05, 4.69) is 35.1 Å². The van der Waals surface area contributed by atoms with E-state index in [4.69, 9.17) is 17.3 Å². The molecule has 0 radical (unpaired) electrons. The van der Waals surface area contributed by atoms with Crippen molar-refractivity contribution in [3.05, 3.63) is 57.7 Å². The van der Waals surface area contributed by atoms with E-state index < -0.39 is 0 Å². The summed E-state index contributed by atoms with van der Waals surface area (Å²) in [6, 6.07) is 9.63. The number of nitrogens with zero attached hydrogens (tertiary/aromatic N) is 1. The minimum absolute atomic E-state index is 0.0223. The minimum Gasteiger partial charge on any atom is -0.399 e. The third-order valence-corrected chi connectivity index (χ3v) is 6.44. The second-order valence-corrected chi connectivity index (χ2v) is 8.63. The van der Waals surface area contributed by atoms with Gasteiger partial charge in [-0.3, -0.25) is 4.79 Å². The molecule has 1 aliphatic carbocycles. The number of carbonyl (C=O) groups is 1. The fourth-order valence-electron chi connectivity index (χ4n) is 4.60. The van der Waals surface area contributed by atoms with E-state index in [0.29, 0.717) is 16.3 Å². The van der Waals surface area contributed by atoms with Crippen LogP contribution in [0.1, 0.15) is 41.0 Å². The number of nitrogens with two attached hydrogens (primary N) is 1. The fourth-order valence-corrected chi connectivity index (χ4v) is 4.89. The van der Waals surface area contributed by atoms with Gasteiger partial charge in [0, 0.05) is 59.4 Å². The quantitative estimate of drug-likeness (QED) is 0.550. The first-order chi connectivity index (χ1) is 13.4. The summed E-state index contributed by atoms with van der Waals surface area (Å²) in [5, 5.41) is 4.92. The summed E-state index contributed by atoms with van der Waals surface area (Å²) >= 11 is 6.65. The highest BCUT2D eigenvalue weighted by Crippen LogP contribution is 2.46. The second kappa shape index (κ2) is 6.00. The number of halogens is 1. The zero-order valence-corrected chi connectivity index (χ0v) is 16.8. The molecule has 1 fully saturated rings. The first-order valence-electron chi connectivity index (χ1n) is 9.64. The molecule has 5 rings (SSSR count). The Labute approximate surface area is 168 Å². The molecule has 0 saturated carbocycles. The van der Waals surface area contributed by atoms with E-state index in [9.17, 15) is 4.79 Å². The molecule has 5 nitrogen and oxygen atoms in total. The maximum absolute atomic E-state index is 13.5. The Morgan fingerprint density at radius 1 is 1.14 bits per heavy atom. The lowest BCUT2D eigenvalue weighted by Gasteiger charge is -2.35. The average Bonchev–Trinajstić information content (AvgIpc) is 3.06. The summed E-state index contributed by atoms with van der Waals surface area (Å²) in [5.41, 5.74) is 11.6. The van der Waals surface area contributed by atoms with Crippen molar-refractivity contribution in [1.82, 2.24) is 10.3 Å². The Morgan fingerprint density at radius 3 is 2.64 bits per heavy atom. The number of hydrogen-bond acceptors (Lipinski definition) is 4. The molecule has 2 aliphatic rings. The van der Waals surface area contributed by atoms with Crippen LogP contribution in [0.15, 0.2) is 30.3 Å². The Balaban J connectivity index is 1.73. The summed E-state index contributed by atoms with van der Waals surface area (Å²) in [5.74, 6) is 0.0223. The highest BCUT2D eigenvalue weighted by molar-refractivity contribution is 6.34. The monoisotopic (exact) mass is 394 g/mol. The molecule has 2 heterocycles. The number of carbonyl (C=O) groups excluding carboxylic acids is 1. The SMILES string of the molecule is CC1(C)c2cc(N3CCNCC3)c(Cl)cc2C(=O)c2c1[nH]c1cc(N)ccc21. The van der Waals surface area contributed by atoms with Gasteiger partial charge in [-0.2, -0.15) is 0 Å². The number of nitrogen functional groups attached to an aromatic ring is 1. The van der Waals surface area contributed by atoms with E-state index in [-0.39, 0.29) is 11.2 Å². The number of aromatic amines is 1. The third kappa shape index (κ3) is 2.39. The Hall–Kier alpha value is -2.50. The van der Waals surface area contributed by atoms with Crippen LogP contribution in [-0.4, -0.2) is 36.9 Å². The minimum atomic E-state index is -0.347. The number of aromatic nitrogens is 1. The maximum atomic E-state index is 13.5. The molecule has 144 valence electrons. The van der Waals surface area contributed by atoms with Crippen molar-refractivity contribution >= 4 is 39.7 Å². The first kappa shape index (κ1) is 17.6. The zero-order chi connectivity index (χ0) is 19.6. The molecule has 0 spiro atoms. The standard InChI is InChI=1S/C22H23ClN4O/c1-22(2)15-11-18(27-7-5-25-6-8-27)16(23)10-14(15)20(28)19-13-4-3-12(24)9-17(13)26-21(19)22/h3-4,9-11,25-26H,5-8,24H2,1-2H3. The molecule has 0 atom stereocenters. The van der Waals surface area contributed by atoms with Crippen LogP contribution in [0.2, 0.25) is 5.02 Å². The molecule has 0 unspecified atom stereocenters. The van der Waals surface area contributed by atoms with Crippen molar-refractivity contribution in [2.24, 2.45) is 0 Å². The molecule has 2 aromatic carbocycles. The van der Waals surface area contributed by atoms with Gasteiger partial charge in [0.2, 0.25) is 0 Å². The van der Waals surface area contributed by atoms with Gasteiger partial charge in [-0.05, 0) is 29.8 Å². The normalized spacial score (nSPS) is 18.2. The van der Waals surface area contributed by atoms with Gasteiger partial charge in [0.15, 0.2) is 5.78 Å². The highest BCUT2D eigenvalue weighted by Gasteiger charge is 2.40. The Kier molecular flexibility index (Phi) is 3.77. The van der Waals surface area contributed by atoms with Crippen LogP contribution in [0, 0.1) is 0 Å². The first-order valence-corrected chi connectivity index (χ1v) is 10.0. The molecule has 1 saturated heterocycles. The summed E-state index contributed by atoms with van der Waals surface area (Å²) in [6.07, 6.45) is 0. The number of piperazine rings is 1. The lowest BCUT2D eigenvalue weighted by atomic mass is 9.71. The Morgan fingerprint density at radius 2 is 1.89 bits per heavy atom. The van der Waals surface area contributed by atoms with Gasteiger partial charge in [0.25, 0.3) is 0 Å².